The predicted octanol–water partition coefficient (Wildman–Crippen LogP) is 1.86. The Bertz CT molecular complexity index is 325. The molecule has 0 amide bonds. The molecule has 0 atom stereocenters. The van der Waals surface area contributed by atoms with Gasteiger partial charge in [0.1, 0.15) is 5.82 Å². The number of aryl methyl sites for hydroxylation is 1. The number of nitrogens with one attached hydrogen (secondary N) is 1. The van der Waals surface area contributed by atoms with Gasteiger partial charge in [-0.3, -0.25) is 0 Å². The fraction of sp³-hybridized carbons (Fsp3) is 0.273. The molecule has 1 rings (SSSR count). The molecule has 1 nitrogen and oxygen atoms in total. The highest BCUT2D eigenvalue weighted by Crippen LogP contribution is 2.09. The summed E-state index contributed by atoms with van der Waals surface area (Å²) in [7, 11) is 0. The second kappa shape index (κ2) is 4.64. The van der Waals surface area contributed by atoms with Gasteiger partial charge in [0.05, 0.1) is 6.54 Å². The summed E-state index contributed by atoms with van der Waals surface area (Å²) in [4.78, 5) is 0. The van der Waals surface area contributed by atoms with Crippen LogP contribution >= 0.6 is 0 Å². The molecule has 0 spiro atoms. The normalized spacial score (nSPS) is 9.62. The van der Waals surface area contributed by atoms with Crippen molar-refractivity contribution in [2.75, 3.05) is 6.54 Å². The number of benzene rings is 1. The minimum absolute atomic E-state index is 0.196. The van der Waals surface area contributed by atoms with Crippen molar-refractivity contribution in [3.63, 3.8) is 0 Å². The van der Waals surface area contributed by atoms with Crippen molar-refractivity contribution in [1.29, 1.82) is 0 Å². The van der Waals surface area contributed by atoms with Crippen molar-refractivity contribution in [3.05, 3.63) is 35.1 Å². The molecule has 0 saturated carbocycles. The molecule has 13 heavy (non-hydrogen) atoms. The molecule has 0 aromatic heterocycles. The van der Waals surface area contributed by atoms with Crippen LogP contribution in [0.5, 0.6) is 0 Å². The Morgan fingerprint density at radius 2 is 2.31 bits per heavy atom. The van der Waals surface area contributed by atoms with Gasteiger partial charge in [-0.2, -0.15) is 0 Å². The molecule has 0 bridgehead atoms. The molecule has 68 valence electrons. The van der Waals surface area contributed by atoms with E-state index in [4.69, 9.17) is 6.42 Å². The van der Waals surface area contributed by atoms with Crippen molar-refractivity contribution < 1.29 is 4.39 Å². The van der Waals surface area contributed by atoms with E-state index in [1.54, 1.807) is 6.07 Å². The third kappa shape index (κ3) is 2.89. The SMILES string of the molecule is C#CCNCc1ccc(F)cc1C. The lowest BCUT2D eigenvalue weighted by Gasteiger charge is -2.05. The number of hydrogen-bond acceptors (Lipinski definition) is 1. The zero-order chi connectivity index (χ0) is 9.68. The molecule has 1 N–H and O–H groups in total. The minimum atomic E-state index is -0.196. The summed E-state index contributed by atoms with van der Waals surface area (Å²) < 4.78 is 12.7. The molecule has 2 heteroatoms. The van der Waals surface area contributed by atoms with Gasteiger partial charge in [-0.1, -0.05) is 12.0 Å². The highest BCUT2D eigenvalue weighted by molar-refractivity contribution is 5.26. The molecule has 0 aliphatic rings. The van der Waals surface area contributed by atoms with E-state index in [-0.39, 0.29) is 5.82 Å². The Balaban J connectivity index is 2.62. The second-order valence-electron chi connectivity index (χ2n) is 2.88. The van der Waals surface area contributed by atoms with Crippen LogP contribution in [0.2, 0.25) is 0 Å². The third-order valence-corrected chi connectivity index (χ3v) is 1.85. The van der Waals surface area contributed by atoms with Crippen LogP contribution in [0.4, 0.5) is 4.39 Å². The fourth-order valence-electron chi connectivity index (χ4n) is 1.13. The minimum Gasteiger partial charge on any atom is -0.302 e. The second-order valence-corrected chi connectivity index (χ2v) is 2.88. The van der Waals surface area contributed by atoms with Crippen LogP contribution in [-0.4, -0.2) is 6.54 Å². The summed E-state index contributed by atoms with van der Waals surface area (Å²) in [6.45, 7) is 3.11. The topological polar surface area (TPSA) is 12.0 Å². The van der Waals surface area contributed by atoms with Gasteiger partial charge < -0.3 is 5.32 Å². The van der Waals surface area contributed by atoms with Crippen LogP contribution in [0.25, 0.3) is 0 Å². The van der Waals surface area contributed by atoms with E-state index in [0.717, 1.165) is 11.1 Å². The lowest BCUT2D eigenvalue weighted by molar-refractivity contribution is 0.624. The van der Waals surface area contributed by atoms with Gasteiger partial charge in [-0.05, 0) is 30.2 Å². The van der Waals surface area contributed by atoms with Crippen LogP contribution in [0, 0.1) is 25.1 Å². The summed E-state index contributed by atoms with van der Waals surface area (Å²) in [6, 6.07) is 4.75. The average Bonchev–Trinajstić information content (AvgIpc) is 2.09. The van der Waals surface area contributed by atoms with Crippen LogP contribution in [0.1, 0.15) is 11.1 Å². The zero-order valence-electron chi connectivity index (χ0n) is 7.60. The maximum Gasteiger partial charge on any atom is 0.123 e. The first kappa shape index (κ1) is 9.76. The maximum absolute atomic E-state index is 12.7. The van der Waals surface area contributed by atoms with Gasteiger partial charge >= 0.3 is 0 Å². The summed E-state index contributed by atoms with van der Waals surface area (Å²) in [5, 5.41) is 3.05. The largest absolute Gasteiger partial charge is 0.302 e. The molecule has 0 saturated heterocycles. The fourth-order valence-corrected chi connectivity index (χ4v) is 1.13. The summed E-state index contributed by atoms with van der Waals surface area (Å²) in [5.41, 5.74) is 2.03. The Hall–Kier alpha value is -1.33. The van der Waals surface area contributed by atoms with Crippen LogP contribution < -0.4 is 5.32 Å². The van der Waals surface area contributed by atoms with Gasteiger partial charge in [0.2, 0.25) is 0 Å². The van der Waals surface area contributed by atoms with E-state index in [1.165, 1.54) is 12.1 Å². The molecule has 0 radical (unpaired) electrons. The zero-order valence-corrected chi connectivity index (χ0v) is 7.60. The van der Waals surface area contributed by atoms with Crippen LogP contribution in [-0.2, 0) is 6.54 Å². The first-order chi connectivity index (χ1) is 6.24. The van der Waals surface area contributed by atoms with E-state index in [9.17, 15) is 4.39 Å². The quantitative estimate of drug-likeness (QED) is 0.549. The number of terminal acetylenes is 1. The first-order valence-corrected chi connectivity index (χ1v) is 4.13. The molecular weight excluding hydrogens is 165 g/mol. The van der Waals surface area contributed by atoms with Crippen LogP contribution in [0.15, 0.2) is 18.2 Å². The van der Waals surface area contributed by atoms with Gasteiger partial charge in [-0.15, -0.1) is 6.42 Å². The third-order valence-electron chi connectivity index (χ3n) is 1.85. The predicted molar refractivity (Wildman–Crippen MR) is 51.7 cm³/mol. The smallest absolute Gasteiger partial charge is 0.123 e. The standard InChI is InChI=1S/C11H12FN/c1-3-6-13-8-10-4-5-11(12)7-9(10)2/h1,4-5,7,13H,6,8H2,2H3. The van der Waals surface area contributed by atoms with Crippen molar-refractivity contribution in [2.45, 2.75) is 13.5 Å². The van der Waals surface area contributed by atoms with Crippen molar-refractivity contribution in [2.24, 2.45) is 0 Å². The molecule has 1 aromatic rings. The van der Waals surface area contributed by atoms with Gasteiger partial charge in [0, 0.05) is 6.54 Å². The molecule has 0 unspecified atom stereocenters. The van der Waals surface area contributed by atoms with Crippen molar-refractivity contribution >= 4 is 0 Å². The van der Waals surface area contributed by atoms with Crippen LogP contribution in [0.3, 0.4) is 0 Å². The average molecular weight is 177 g/mol. The van der Waals surface area contributed by atoms with Gasteiger partial charge in [0.25, 0.3) is 0 Å². The highest BCUT2D eigenvalue weighted by Gasteiger charge is 1.98. The Labute approximate surface area is 78.0 Å². The highest BCUT2D eigenvalue weighted by atomic mass is 19.1. The molecular formula is C11H12FN. The molecule has 1 aromatic carbocycles. The molecule has 0 aliphatic heterocycles. The lowest BCUT2D eigenvalue weighted by atomic mass is 10.1. The van der Waals surface area contributed by atoms with Crippen molar-refractivity contribution in [3.8, 4) is 12.3 Å². The van der Waals surface area contributed by atoms with E-state index < -0.39 is 0 Å². The monoisotopic (exact) mass is 177 g/mol. The van der Waals surface area contributed by atoms with E-state index in [0.29, 0.717) is 13.1 Å². The van der Waals surface area contributed by atoms with E-state index in [2.05, 4.69) is 11.2 Å². The summed E-state index contributed by atoms with van der Waals surface area (Å²) >= 11 is 0. The maximum atomic E-state index is 12.7. The van der Waals surface area contributed by atoms with E-state index in [1.807, 2.05) is 6.92 Å². The number of hydrogen-bond donors (Lipinski definition) is 1. The molecule has 0 heterocycles. The number of rotatable bonds is 3. The number of halogens is 1. The van der Waals surface area contributed by atoms with Gasteiger partial charge in [-0.25, -0.2) is 4.39 Å². The van der Waals surface area contributed by atoms with E-state index >= 15 is 0 Å². The molecule has 0 aliphatic carbocycles. The van der Waals surface area contributed by atoms with Crippen molar-refractivity contribution in [1.82, 2.24) is 5.32 Å². The first-order valence-electron chi connectivity index (χ1n) is 4.13. The molecule has 0 fully saturated rings. The summed E-state index contributed by atoms with van der Waals surface area (Å²) in [5.74, 6) is 2.29. The Kier molecular flexibility index (Phi) is 3.48. The summed E-state index contributed by atoms with van der Waals surface area (Å²) in [6.07, 6.45) is 5.08. The Morgan fingerprint density at radius 3 is 2.92 bits per heavy atom. The Morgan fingerprint density at radius 1 is 1.54 bits per heavy atom. The lowest BCUT2D eigenvalue weighted by Crippen LogP contribution is -2.13. The van der Waals surface area contributed by atoms with Gasteiger partial charge in [0.15, 0.2) is 0 Å².